The molecule has 124 valence electrons. The number of hydrogen-bond donors (Lipinski definition) is 0. The van der Waals surface area contributed by atoms with Crippen LogP contribution in [-0.4, -0.2) is 35.4 Å². The molecule has 0 bridgehead atoms. The first kappa shape index (κ1) is 15.9. The third kappa shape index (κ3) is 2.50. The number of carbonyl (C=O) groups excluding carboxylic acids is 1. The van der Waals surface area contributed by atoms with E-state index in [9.17, 15) is 4.79 Å². The van der Waals surface area contributed by atoms with Gasteiger partial charge in [-0.25, -0.2) is 4.98 Å². The number of halogens is 2. The molecule has 4 nitrogen and oxygen atoms in total. The molecule has 4 rings (SSSR count). The van der Waals surface area contributed by atoms with Gasteiger partial charge in [0.1, 0.15) is 5.82 Å². The van der Waals surface area contributed by atoms with E-state index in [1.54, 1.807) is 13.1 Å². The Morgan fingerprint density at radius 1 is 1.29 bits per heavy atom. The largest absolute Gasteiger partial charge is 0.342 e. The van der Waals surface area contributed by atoms with Crippen LogP contribution in [-0.2, 0) is 10.2 Å². The van der Waals surface area contributed by atoms with Crippen LogP contribution in [0.2, 0.25) is 5.02 Å². The van der Waals surface area contributed by atoms with E-state index in [4.69, 9.17) is 11.6 Å². The fourth-order valence-electron chi connectivity index (χ4n) is 3.86. The molecule has 2 aromatic rings. The maximum absolute atomic E-state index is 11.8. The number of aromatic nitrogens is 1. The lowest BCUT2D eigenvalue weighted by Gasteiger charge is -2.25. The summed E-state index contributed by atoms with van der Waals surface area (Å²) in [6, 6.07) is 10.2. The van der Waals surface area contributed by atoms with Crippen LogP contribution in [0.4, 0.5) is 11.5 Å². The standard InChI is InChI=1S/C18H17BrClN3O/c1-12(24)22-7-6-18(10-22)11-23(17-5-3-14(20)9-21-17)16-4-2-13(19)8-15(16)18/h2-5,8-9H,6-7,10-11H2,1H3. The zero-order chi connectivity index (χ0) is 16.9. The lowest BCUT2D eigenvalue weighted by Crippen LogP contribution is -2.36. The van der Waals surface area contributed by atoms with Crippen molar-refractivity contribution in [3.05, 3.63) is 51.6 Å². The molecule has 1 aromatic carbocycles. The van der Waals surface area contributed by atoms with Crippen molar-refractivity contribution in [1.82, 2.24) is 9.88 Å². The molecule has 0 N–H and O–H groups in total. The van der Waals surface area contributed by atoms with Gasteiger partial charge in [0.2, 0.25) is 5.91 Å². The Kier molecular flexibility index (Phi) is 3.81. The van der Waals surface area contributed by atoms with Crippen LogP contribution in [0.5, 0.6) is 0 Å². The van der Waals surface area contributed by atoms with Crippen molar-refractivity contribution in [2.45, 2.75) is 18.8 Å². The van der Waals surface area contributed by atoms with Gasteiger partial charge < -0.3 is 9.80 Å². The van der Waals surface area contributed by atoms with E-state index in [0.717, 1.165) is 36.3 Å². The van der Waals surface area contributed by atoms with Crippen LogP contribution in [0.25, 0.3) is 0 Å². The van der Waals surface area contributed by atoms with Gasteiger partial charge in [0.05, 0.1) is 5.02 Å². The molecule has 2 aliphatic rings. The number of benzene rings is 1. The highest BCUT2D eigenvalue weighted by molar-refractivity contribution is 9.10. The fraction of sp³-hybridized carbons (Fsp3) is 0.333. The highest BCUT2D eigenvalue weighted by Gasteiger charge is 2.48. The van der Waals surface area contributed by atoms with Crippen LogP contribution in [0.15, 0.2) is 41.0 Å². The third-order valence-corrected chi connectivity index (χ3v) is 5.79. The van der Waals surface area contributed by atoms with Gasteiger partial charge in [0.25, 0.3) is 0 Å². The lowest BCUT2D eigenvalue weighted by atomic mass is 9.81. The summed E-state index contributed by atoms with van der Waals surface area (Å²) in [5.41, 5.74) is 2.42. The number of fused-ring (bicyclic) bond motifs is 2. The molecule has 0 saturated carbocycles. The molecule has 0 radical (unpaired) electrons. The first-order valence-electron chi connectivity index (χ1n) is 7.93. The van der Waals surface area contributed by atoms with Crippen LogP contribution in [0.1, 0.15) is 18.9 Å². The summed E-state index contributed by atoms with van der Waals surface area (Å²) in [7, 11) is 0. The second kappa shape index (κ2) is 5.74. The second-order valence-corrected chi connectivity index (χ2v) is 7.91. The van der Waals surface area contributed by atoms with E-state index in [1.165, 1.54) is 11.3 Å². The normalized spacial score (nSPS) is 22.3. The zero-order valence-corrected chi connectivity index (χ0v) is 15.6. The van der Waals surface area contributed by atoms with Crippen molar-refractivity contribution in [3.63, 3.8) is 0 Å². The van der Waals surface area contributed by atoms with Crippen LogP contribution in [0.3, 0.4) is 0 Å². The SMILES string of the molecule is CC(=O)N1CCC2(C1)CN(c1ccc(Cl)cn1)c1ccc(Br)cc12. The van der Waals surface area contributed by atoms with Gasteiger partial charge >= 0.3 is 0 Å². The number of pyridine rings is 1. The van der Waals surface area contributed by atoms with Gasteiger partial charge in [0.15, 0.2) is 0 Å². The minimum absolute atomic E-state index is 0.0356. The molecule has 1 atom stereocenters. The maximum atomic E-state index is 11.8. The molecular weight excluding hydrogens is 390 g/mol. The molecule has 3 heterocycles. The van der Waals surface area contributed by atoms with E-state index in [1.807, 2.05) is 17.0 Å². The van der Waals surface area contributed by atoms with Crippen molar-refractivity contribution in [3.8, 4) is 0 Å². The first-order chi connectivity index (χ1) is 11.5. The molecular formula is C18H17BrClN3O. The Balaban J connectivity index is 1.78. The number of likely N-dealkylation sites (tertiary alicyclic amines) is 1. The molecule has 0 aliphatic carbocycles. The summed E-state index contributed by atoms with van der Waals surface area (Å²) in [5.74, 6) is 1.03. The summed E-state index contributed by atoms with van der Waals surface area (Å²) in [6.07, 6.45) is 2.65. The highest BCUT2D eigenvalue weighted by Crippen LogP contribution is 2.49. The second-order valence-electron chi connectivity index (χ2n) is 6.55. The Bertz CT molecular complexity index is 810. The van der Waals surface area contributed by atoms with E-state index in [-0.39, 0.29) is 11.3 Å². The van der Waals surface area contributed by atoms with Gasteiger partial charge in [0, 0.05) is 48.3 Å². The van der Waals surface area contributed by atoms with E-state index in [0.29, 0.717) is 5.02 Å². The Morgan fingerprint density at radius 3 is 2.79 bits per heavy atom. The molecule has 1 amide bonds. The van der Waals surface area contributed by atoms with Crippen molar-refractivity contribution in [2.75, 3.05) is 24.5 Å². The quantitative estimate of drug-likeness (QED) is 0.714. The topological polar surface area (TPSA) is 36.4 Å². The monoisotopic (exact) mass is 405 g/mol. The average Bonchev–Trinajstić information content (AvgIpc) is 3.12. The van der Waals surface area contributed by atoms with Gasteiger partial charge in [-0.3, -0.25) is 4.79 Å². The number of hydrogen-bond acceptors (Lipinski definition) is 3. The zero-order valence-electron chi connectivity index (χ0n) is 13.3. The summed E-state index contributed by atoms with van der Waals surface area (Å²) >= 11 is 9.58. The van der Waals surface area contributed by atoms with Crippen molar-refractivity contribution < 1.29 is 4.79 Å². The predicted molar refractivity (Wildman–Crippen MR) is 98.9 cm³/mol. The van der Waals surface area contributed by atoms with Gasteiger partial charge in [-0.15, -0.1) is 0 Å². The smallest absolute Gasteiger partial charge is 0.219 e. The third-order valence-electron chi connectivity index (χ3n) is 5.07. The van der Waals surface area contributed by atoms with Crippen LogP contribution >= 0.6 is 27.5 Å². The van der Waals surface area contributed by atoms with Crippen molar-refractivity contribution >= 4 is 44.9 Å². The van der Waals surface area contributed by atoms with Crippen molar-refractivity contribution in [1.29, 1.82) is 0 Å². The fourth-order valence-corrected chi connectivity index (χ4v) is 4.34. The van der Waals surface area contributed by atoms with Crippen LogP contribution in [0, 0.1) is 0 Å². The molecule has 6 heteroatoms. The Morgan fingerprint density at radius 2 is 2.12 bits per heavy atom. The van der Waals surface area contributed by atoms with Crippen molar-refractivity contribution in [2.24, 2.45) is 0 Å². The van der Waals surface area contributed by atoms with Gasteiger partial charge in [-0.1, -0.05) is 27.5 Å². The summed E-state index contributed by atoms with van der Waals surface area (Å²) in [6.45, 7) is 4.05. The number of amides is 1. The molecule has 1 fully saturated rings. The Hall–Kier alpha value is -1.59. The van der Waals surface area contributed by atoms with E-state index in [2.05, 4.69) is 44.0 Å². The first-order valence-corrected chi connectivity index (χ1v) is 9.10. The molecule has 1 spiro atoms. The maximum Gasteiger partial charge on any atom is 0.219 e. The van der Waals surface area contributed by atoms with E-state index >= 15 is 0 Å². The Labute approximate surface area is 154 Å². The summed E-state index contributed by atoms with van der Waals surface area (Å²) < 4.78 is 1.06. The minimum atomic E-state index is -0.0356. The molecule has 1 aromatic heterocycles. The minimum Gasteiger partial charge on any atom is -0.342 e. The number of anilines is 2. The molecule has 1 saturated heterocycles. The van der Waals surface area contributed by atoms with Gasteiger partial charge in [-0.2, -0.15) is 0 Å². The van der Waals surface area contributed by atoms with Crippen LogP contribution < -0.4 is 4.90 Å². The molecule has 24 heavy (non-hydrogen) atoms. The lowest BCUT2D eigenvalue weighted by molar-refractivity contribution is -0.127. The number of rotatable bonds is 1. The number of carbonyl (C=O) groups is 1. The van der Waals surface area contributed by atoms with E-state index < -0.39 is 0 Å². The van der Waals surface area contributed by atoms with Gasteiger partial charge in [-0.05, 0) is 42.3 Å². The summed E-state index contributed by atoms with van der Waals surface area (Å²) in [5, 5.41) is 0.632. The summed E-state index contributed by atoms with van der Waals surface area (Å²) in [4.78, 5) is 20.5. The average molecular weight is 407 g/mol. The number of nitrogens with zero attached hydrogens (tertiary/aromatic N) is 3. The predicted octanol–water partition coefficient (Wildman–Crippen LogP) is 4.14. The molecule has 1 unspecified atom stereocenters. The highest BCUT2D eigenvalue weighted by atomic mass is 79.9. The molecule has 2 aliphatic heterocycles.